The Balaban J connectivity index is 1.96. The Hall–Kier alpha value is -2.31. The van der Waals surface area contributed by atoms with E-state index < -0.39 is 0 Å². The summed E-state index contributed by atoms with van der Waals surface area (Å²) in [5.41, 5.74) is 6.52. The molecule has 4 N–H and O–H groups in total. The molecule has 0 bridgehead atoms. The van der Waals surface area contributed by atoms with Gasteiger partial charge in [0.1, 0.15) is 17.3 Å². The minimum absolute atomic E-state index is 0.229. The molecule has 0 aliphatic heterocycles. The van der Waals surface area contributed by atoms with Crippen molar-refractivity contribution in [3.05, 3.63) is 29.1 Å². The Morgan fingerprint density at radius 1 is 1.59 bits per heavy atom. The Kier molecular flexibility index (Phi) is 2.82. The number of carbonyl (C=O) groups is 1. The van der Waals surface area contributed by atoms with E-state index in [-0.39, 0.29) is 18.3 Å². The van der Waals surface area contributed by atoms with Crippen molar-refractivity contribution < 1.29 is 9.21 Å². The van der Waals surface area contributed by atoms with Crippen LogP contribution in [0.2, 0.25) is 0 Å². The third-order valence-corrected chi connectivity index (χ3v) is 2.32. The standard InChI is InChI=1S/C10H13N5O2/c1-5-6(2)17-9(13-5)4-12-10(16)7-3-8(11)15-14-7/h3H,4H2,1-2H3,(H,12,16)(H3,11,14,15). The molecule has 0 saturated heterocycles. The predicted molar refractivity (Wildman–Crippen MR) is 60.1 cm³/mol. The van der Waals surface area contributed by atoms with Gasteiger partial charge in [-0.1, -0.05) is 0 Å². The van der Waals surface area contributed by atoms with Crippen LogP contribution in [0.25, 0.3) is 0 Å². The van der Waals surface area contributed by atoms with Crippen molar-refractivity contribution in [1.29, 1.82) is 0 Å². The Morgan fingerprint density at radius 3 is 2.88 bits per heavy atom. The summed E-state index contributed by atoms with van der Waals surface area (Å²) in [5, 5.41) is 8.83. The number of carbonyl (C=O) groups excluding carboxylic acids is 1. The normalized spacial score (nSPS) is 10.5. The maximum atomic E-state index is 11.6. The van der Waals surface area contributed by atoms with Crippen LogP contribution in [0.1, 0.15) is 27.8 Å². The molecule has 2 rings (SSSR count). The number of aromatic nitrogens is 3. The second-order valence-corrected chi connectivity index (χ2v) is 3.64. The molecule has 90 valence electrons. The molecule has 7 heteroatoms. The van der Waals surface area contributed by atoms with E-state index in [2.05, 4.69) is 20.5 Å². The number of rotatable bonds is 3. The van der Waals surface area contributed by atoms with E-state index in [0.717, 1.165) is 11.5 Å². The van der Waals surface area contributed by atoms with Gasteiger partial charge in [0.2, 0.25) is 5.89 Å². The average Bonchev–Trinajstić information content (AvgIpc) is 2.83. The largest absolute Gasteiger partial charge is 0.444 e. The van der Waals surface area contributed by atoms with Gasteiger partial charge in [0.15, 0.2) is 0 Å². The molecule has 0 saturated carbocycles. The van der Waals surface area contributed by atoms with Crippen LogP contribution >= 0.6 is 0 Å². The SMILES string of the molecule is Cc1nc(CNC(=O)c2cc(N)n[nH]2)oc1C. The summed E-state index contributed by atoms with van der Waals surface area (Å²) in [7, 11) is 0. The molecule has 0 spiro atoms. The number of hydrogen-bond acceptors (Lipinski definition) is 5. The fraction of sp³-hybridized carbons (Fsp3) is 0.300. The number of hydrogen-bond donors (Lipinski definition) is 3. The number of oxazole rings is 1. The fourth-order valence-electron chi connectivity index (χ4n) is 1.32. The van der Waals surface area contributed by atoms with E-state index in [0.29, 0.717) is 11.6 Å². The Labute approximate surface area is 97.4 Å². The van der Waals surface area contributed by atoms with Crippen LogP contribution in [0.4, 0.5) is 5.82 Å². The zero-order chi connectivity index (χ0) is 12.4. The molecule has 7 nitrogen and oxygen atoms in total. The first-order valence-corrected chi connectivity index (χ1v) is 5.08. The summed E-state index contributed by atoms with van der Waals surface area (Å²) in [6, 6.07) is 1.46. The highest BCUT2D eigenvalue weighted by molar-refractivity contribution is 5.92. The van der Waals surface area contributed by atoms with Gasteiger partial charge in [0.25, 0.3) is 5.91 Å². The van der Waals surface area contributed by atoms with Crippen molar-refractivity contribution in [2.24, 2.45) is 0 Å². The van der Waals surface area contributed by atoms with Crippen molar-refractivity contribution in [1.82, 2.24) is 20.5 Å². The van der Waals surface area contributed by atoms with Gasteiger partial charge in [-0.3, -0.25) is 9.89 Å². The van der Waals surface area contributed by atoms with E-state index in [4.69, 9.17) is 10.2 Å². The van der Waals surface area contributed by atoms with Gasteiger partial charge in [-0.25, -0.2) is 4.98 Å². The van der Waals surface area contributed by atoms with Crippen molar-refractivity contribution in [2.75, 3.05) is 5.73 Å². The summed E-state index contributed by atoms with van der Waals surface area (Å²) in [6.45, 7) is 3.90. The maximum Gasteiger partial charge on any atom is 0.269 e. The molecule has 1 amide bonds. The van der Waals surface area contributed by atoms with E-state index >= 15 is 0 Å². The molecule has 0 aliphatic rings. The minimum atomic E-state index is -0.303. The fourth-order valence-corrected chi connectivity index (χ4v) is 1.32. The predicted octanol–water partition coefficient (Wildman–Crippen LogP) is 0.527. The molecule has 0 unspecified atom stereocenters. The number of nitrogens with zero attached hydrogens (tertiary/aromatic N) is 2. The van der Waals surface area contributed by atoms with Crippen LogP contribution in [0.15, 0.2) is 10.5 Å². The number of aryl methyl sites for hydroxylation is 2. The van der Waals surface area contributed by atoms with Gasteiger partial charge in [-0.15, -0.1) is 0 Å². The maximum absolute atomic E-state index is 11.6. The van der Waals surface area contributed by atoms with Crippen LogP contribution in [-0.2, 0) is 6.54 Å². The number of nitrogens with one attached hydrogen (secondary N) is 2. The first-order valence-electron chi connectivity index (χ1n) is 5.08. The van der Waals surface area contributed by atoms with Gasteiger partial charge < -0.3 is 15.5 Å². The van der Waals surface area contributed by atoms with E-state index in [1.165, 1.54) is 6.07 Å². The van der Waals surface area contributed by atoms with Crippen molar-refractivity contribution >= 4 is 11.7 Å². The van der Waals surface area contributed by atoms with E-state index in [1.807, 2.05) is 13.8 Å². The lowest BCUT2D eigenvalue weighted by Gasteiger charge is -1.98. The number of amides is 1. The zero-order valence-electron chi connectivity index (χ0n) is 9.57. The van der Waals surface area contributed by atoms with E-state index in [9.17, 15) is 4.79 Å². The number of nitrogen functional groups attached to an aromatic ring is 1. The molecule has 0 aromatic carbocycles. The summed E-state index contributed by atoms with van der Waals surface area (Å²) in [4.78, 5) is 15.8. The van der Waals surface area contributed by atoms with Crippen molar-refractivity contribution in [3.63, 3.8) is 0 Å². The number of anilines is 1. The molecular weight excluding hydrogens is 222 g/mol. The molecule has 0 atom stereocenters. The first kappa shape index (κ1) is 11.2. The molecular formula is C10H13N5O2. The second-order valence-electron chi connectivity index (χ2n) is 3.64. The number of aromatic amines is 1. The van der Waals surface area contributed by atoms with E-state index in [1.54, 1.807) is 0 Å². The van der Waals surface area contributed by atoms with Crippen molar-refractivity contribution in [3.8, 4) is 0 Å². The number of H-pyrrole nitrogens is 1. The lowest BCUT2D eigenvalue weighted by molar-refractivity contribution is 0.0942. The van der Waals surface area contributed by atoms with Gasteiger partial charge in [-0.2, -0.15) is 5.10 Å². The van der Waals surface area contributed by atoms with Gasteiger partial charge >= 0.3 is 0 Å². The smallest absolute Gasteiger partial charge is 0.269 e. The Bertz CT molecular complexity index is 523. The van der Waals surface area contributed by atoms with Gasteiger partial charge in [-0.05, 0) is 13.8 Å². The second kappa shape index (κ2) is 4.28. The monoisotopic (exact) mass is 235 g/mol. The van der Waals surface area contributed by atoms with Crippen LogP contribution in [0, 0.1) is 13.8 Å². The molecule has 2 aromatic heterocycles. The summed E-state index contributed by atoms with van der Waals surface area (Å²) in [6.07, 6.45) is 0. The van der Waals surface area contributed by atoms with Gasteiger partial charge in [0.05, 0.1) is 12.2 Å². The Morgan fingerprint density at radius 2 is 2.35 bits per heavy atom. The molecule has 0 radical (unpaired) electrons. The first-order chi connectivity index (χ1) is 8.06. The highest BCUT2D eigenvalue weighted by Crippen LogP contribution is 2.08. The molecule has 2 heterocycles. The molecule has 0 aliphatic carbocycles. The lowest BCUT2D eigenvalue weighted by Crippen LogP contribution is -2.23. The minimum Gasteiger partial charge on any atom is -0.444 e. The van der Waals surface area contributed by atoms with Crippen LogP contribution < -0.4 is 11.1 Å². The molecule has 17 heavy (non-hydrogen) atoms. The summed E-state index contributed by atoms with van der Waals surface area (Å²) >= 11 is 0. The van der Waals surface area contributed by atoms with Crippen LogP contribution in [0.5, 0.6) is 0 Å². The van der Waals surface area contributed by atoms with Crippen LogP contribution in [-0.4, -0.2) is 21.1 Å². The lowest BCUT2D eigenvalue weighted by atomic mass is 10.4. The topological polar surface area (TPSA) is 110 Å². The number of nitrogens with two attached hydrogens (primary N) is 1. The molecule has 0 fully saturated rings. The average molecular weight is 235 g/mol. The summed E-state index contributed by atoms with van der Waals surface area (Å²) in [5.74, 6) is 1.20. The summed E-state index contributed by atoms with van der Waals surface area (Å²) < 4.78 is 5.33. The van der Waals surface area contributed by atoms with Crippen LogP contribution in [0.3, 0.4) is 0 Å². The third-order valence-electron chi connectivity index (χ3n) is 2.32. The quantitative estimate of drug-likeness (QED) is 0.718. The highest BCUT2D eigenvalue weighted by atomic mass is 16.4. The van der Waals surface area contributed by atoms with Crippen molar-refractivity contribution in [2.45, 2.75) is 20.4 Å². The zero-order valence-corrected chi connectivity index (χ0v) is 9.57. The molecule has 2 aromatic rings. The highest BCUT2D eigenvalue weighted by Gasteiger charge is 2.10. The van der Waals surface area contributed by atoms with Gasteiger partial charge in [0, 0.05) is 6.07 Å². The third kappa shape index (κ3) is 2.44.